The highest BCUT2D eigenvalue weighted by molar-refractivity contribution is 7.16. The summed E-state index contributed by atoms with van der Waals surface area (Å²) < 4.78 is 5.81. The summed E-state index contributed by atoms with van der Waals surface area (Å²) in [6.07, 6.45) is 0.796. The number of aromatic nitrogens is 1. The van der Waals surface area contributed by atoms with Crippen LogP contribution in [0.4, 0.5) is 11.0 Å². The Kier molecular flexibility index (Phi) is 2.62. The normalized spacial score (nSPS) is 14.1. The van der Waals surface area contributed by atoms with Gasteiger partial charge in [-0.3, -0.25) is 0 Å². The van der Waals surface area contributed by atoms with Crippen LogP contribution in [0.25, 0.3) is 11.1 Å². The predicted octanol–water partition coefficient (Wildman–Crippen LogP) is 2.91. The van der Waals surface area contributed by atoms with Crippen molar-refractivity contribution < 1.29 is 4.42 Å². The Bertz CT molecular complexity index is 841. The standard InChI is InChI=1S/C15H12N4OS/c16-7-10-9-5-6-19(8-13(9)21-14(10)17)15-18-11-3-1-2-4-12(11)20-15/h1-4H,5-6,8,17H2. The summed E-state index contributed by atoms with van der Waals surface area (Å²) in [6, 6.07) is 10.6. The molecule has 2 aromatic heterocycles. The van der Waals surface area contributed by atoms with E-state index in [1.165, 1.54) is 11.3 Å². The number of hydrogen-bond donors (Lipinski definition) is 1. The van der Waals surface area contributed by atoms with Crippen molar-refractivity contribution in [2.24, 2.45) is 0 Å². The molecule has 1 aliphatic rings. The Hall–Kier alpha value is -2.52. The number of nitriles is 1. The molecule has 3 aromatic rings. The van der Waals surface area contributed by atoms with Crippen LogP contribution in [0.5, 0.6) is 0 Å². The summed E-state index contributed by atoms with van der Waals surface area (Å²) in [5.74, 6) is 0. The molecule has 21 heavy (non-hydrogen) atoms. The topological polar surface area (TPSA) is 79.1 Å². The van der Waals surface area contributed by atoms with Crippen LogP contribution in [0, 0.1) is 11.3 Å². The smallest absolute Gasteiger partial charge is 0.298 e. The van der Waals surface area contributed by atoms with Gasteiger partial charge in [0.15, 0.2) is 5.58 Å². The van der Waals surface area contributed by atoms with Crippen molar-refractivity contribution in [2.75, 3.05) is 17.2 Å². The lowest BCUT2D eigenvalue weighted by Crippen LogP contribution is -2.29. The molecule has 0 saturated carbocycles. The SMILES string of the molecule is N#Cc1c(N)sc2c1CCN(c1nc3ccccc3o1)C2. The van der Waals surface area contributed by atoms with Crippen molar-refractivity contribution in [1.82, 2.24) is 4.98 Å². The van der Waals surface area contributed by atoms with Gasteiger partial charge in [-0.05, 0) is 24.1 Å². The number of fused-ring (bicyclic) bond motifs is 2. The van der Waals surface area contributed by atoms with Crippen LogP contribution < -0.4 is 10.6 Å². The van der Waals surface area contributed by atoms with Crippen LogP contribution in [0.1, 0.15) is 16.0 Å². The molecule has 5 nitrogen and oxygen atoms in total. The minimum absolute atomic E-state index is 0.613. The number of nitrogens with zero attached hydrogens (tertiary/aromatic N) is 3. The molecule has 0 fully saturated rings. The van der Waals surface area contributed by atoms with Crippen molar-refractivity contribution in [1.29, 1.82) is 5.26 Å². The van der Waals surface area contributed by atoms with Crippen molar-refractivity contribution in [3.05, 3.63) is 40.3 Å². The maximum atomic E-state index is 9.17. The zero-order valence-corrected chi connectivity index (χ0v) is 12.0. The van der Waals surface area contributed by atoms with E-state index in [0.717, 1.165) is 34.5 Å². The van der Waals surface area contributed by atoms with Crippen molar-refractivity contribution in [2.45, 2.75) is 13.0 Å². The summed E-state index contributed by atoms with van der Waals surface area (Å²) in [4.78, 5) is 7.76. The molecule has 3 heterocycles. The monoisotopic (exact) mass is 296 g/mol. The number of rotatable bonds is 1. The summed E-state index contributed by atoms with van der Waals surface area (Å²) in [6.45, 7) is 1.48. The molecule has 0 amide bonds. The van der Waals surface area contributed by atoms with Gasteiger partial charge < -0.3 is 15.1 Å². The Labute approximate surface area is 125 Å². The molecular formula is C15H12N4OS. The van der Waals surface area contributed by atoms with Gasteiger partial charge in [0.05, 0.1) is 12.1 Å². The second kappa shape index (κ2) is 4.50. The summed E-state index contributed by atoms with van der Waals surface area (Å²) >= 11 is 1.49. The summed E-state index contributed by atoms with van der Waals surface area (Å²) in [5, 5.41) is 9.79. The zero-order chi connectivity index (χ0) is 14.4. The van der Waals surface area contributed by atoms with Gasteiger partial charge in [0.25, 0.3) is 6.01 Å². The van der Waals surface area contributed by atoms with Gasteiger partial charge in [-0.2, -0.15) is 10.2 Å². The molecule has 1 aliphatic heterocycles. The molecule has 0 bridgehead atoms. The fourth-order valence-corrected chi connectivity index (χ4v) is 3.79. The predicted molar refractivity (Wildman–Crippen MR) is 82.2 cm³/mol. The molecule has 4 rings (SSSR count). The van der Waals surface area contributed by atoms with E-state index in [9.17, 15) is 5.26 Å². The van der Waals surface area contributed by atoms with Crippen LogP contribution in [0.2, 0.25) is 0 Å². The number of nitrogens with two attached hydrogens (primary N) is 1. The van der Waals surface area contributed by atoms with Gasteiger partial charge in [-0.1, -0.05) is 12.1 Å². The molecule has 0 aliphatic carbocycles. The van der Waals surface area contributed by atoms with Crippen molar-refractivity contribution >= 4 is 33.5 Å². The number of para-hydroxylation sites is 2. The van der Waals surface area contributed by atoms with E-state index in [1.54, 1.807) is 0 Å². The number of oxazole rings is 1. The molecule has 0 radical (unpaired) electrons. The largest absolute Gasteiger partial charge is 0.423 e. The second-order valence-corrected chi connectivity index (χ2v) is 6.13. The first-order valence-corrected chi connectivity index (χ1v) is 7.48. The Morgan fingerprint density at radius 2 is 2.24 bits per heavy atom. The van der Waals surface area contributed by atoms with E-state index in [1.807, 2.05) is 24.3 Å². The average Bonchev–Trinajstić information content (AvgIpc) is 3.05. The lowest BCUT2D eigenvalue weighted by atomic mass is 10.0. The third-order valence-corrected chi connectivity index (χ3v) is 4.79. The van der Waals surface area contributed by atoms with Gasteiger partial charge in [0, 0.05) is 11.4 Å². The molecule has 0 saturated heterocycles. The fraction of sp³-hybridized carbons (Fsp3) is 0.200. The van der Waals surface area contributed by atoms with Crippen LogP contribution in [-0.4, -0.2) is 11.5 Å². The first kappa shape index (κ1) is 12.2. The second-order valence-electron chi connectivity index (χ2n) is 4.99. The Balaban J connectivity index is 1.70. The molecule has 0 unspecified atom stereocenters. The number of benzene rings is 1. The third kappa shape index (κ3) is 1.86. The number of thiophene rings is 1. The minimum atomic E-state index is 0.613. The molecular weight excluding hydrogens is 284 g/mol. The number of hydrogen-bond acceptors (Lipinski definition) is 6. The Morgan fingerprint density at radius 1 is 1.38 bits per heavy atom. The lowest BCUT2D eigenvalue weighted by molar-refractivity contribution is 0.557. The molecule has 104 valence electrons. The van der Waals surface area contributed by atoms with E-state index in [-0.39, 0.29) is 0 Å². The highest BCUT2D eigenvalue weighted by Gasteiger charge is 2.25. The highest BCUT2D eigenvalue weighted by Crippen LogP contribution is 2.36. The first-order valence-electron chi connectivity index (χ1n) is 6.67. The molecule has 0 spiro atoms. The van der Waals surface area contributed by atoms with Crippen LogP contribution in [0.15, 0.2) is 28.7 Å². The Morgan fingerprint density at radius 3 is 3.05 bits per heavy atom. The number of nitrogen functional groups attached to an aromatic ring is 1. The molecule has 1 aromatic carbocycles. The maximum Gasteiger partial charge on any atom is 0.298 e. The average molecular weight is 296 g/mol. The molecule has 0 atom stereocenters. The van der Waals surface area contributed by atoms with Crippen LogP contribution in [0.3, 0.4) is 0 Å². The van der Waals surface area contributed by atoms with Gasteiger partial charge in [-0.25, -0.2) is 0 Å². The van der Waals surface area contributed by atoms with E-state index in [4.69, 9.17) is 10.2 Å². The van der Waals surface area contributed by atoms with E-state index >= 15 is 0 Å². The van der Waals surface area contributed by atoms with Gasteiger partial charge in [0.1, 0.15) is 16.6 Å². The first-order chi connectivity index (χ1) is 10.3. The fourth-order valence-electron chi connectivity index (χ4n) is 2.71. The zero-order valence-electron chi connectivity index (χ0n) is 11.2. The van der Waals surface area contributed by atoms with Crippen LogP contribution >= 0.6 is 11.3 Å². The van der Waals surface area contributed by atoms with Crippen molar-refractivity contribution in [3.63, 3.8) is 0 Å². The summed E-state index contributed by atoms with van der Waals surface area (Å²) in [5.41, 5.74) is 9.31. The quantitative estimate of drug-likeness (QED) is 0.747. The molecule has 6 heteroatoms. The highest BCUT2D eigenvalue weighted by atomic mass is 32.1. The van der Waals surface area contributed by atoms with Gasteiger partial charge in [0.2, 0.25) is 0 Å². The van der Waals surface area contributed by atoms with E-state index in [0.29, 0.717) is 23.1 Å². The van der Waals surface area contributed by atoms with Gasteiger partial charge in [-0.15, -0.1) is 11.3 Å². The maximum absolute atomic E-state index is 9.17. The van der Waals surface area contributed by atoms with E-state index in [2.05, 4.69) is 16.0 Å². The van der Waals surface area contributed by atoms with Gasteiger partial charge >= 0.3 is 0 Å². The minimum Gasteiger partial charge on any atom is -0.423 e. The summed E-state index contributed by atoms with van der Waals surface area (Å²) in [7, 11) is 0. The lowest BCUT2D eigenvalue weighted by Gasteiger charge is -2.25. The van der Waals surface area contributed by atoms with Crippen molar-refractivity contribution in [3.8, 4) is 6.07 Å². The molecule has 2 N–H and O–H groups in total. The third-order valence-electron chi connectivity index (χ3n) is 3.75. The number of anilines is 2. The van der Waals surface area contributed by atoms with Crippen LogP contribution in [-0.2, 0) is 13.0 Å². The van der Waals surface area contributed by atoms with E-state index < -0.39 is 0 Å².